The van der Waals surface area contributed by atoms with Gasteiger partial charge in [-0.2, -0.15) is 0 Å². The molecule has 8 heteroatoms. The first kappa shape index (κ1) is 27.2. The number of nitrogens with one attached hydrogen (secondary N) is 1. The van der Waals surface area contributed by atoms with Crippen LogP contribution in [0.3, 0.4) is 0 Å². The van der Waals surface area contributed by atoms with E-state index in [-0.39, 0.29) is 24.3 Å². The molecular formula is C37H30N2O6. The van der Waals surface area contributed by atoms with Crippen LogP contribution < -0.4 is 19.5 Å². The lowest BCUT2D eigenvalue weighted by molar-refractivity contribution is -0.122. The van der Waals surface area contributed by atoms with Crippen LogP contribution in [0, 0.1) is 5.92 Å². The predicted molar refractivity (Wildman–Crippen MR) is 168 cm³/mol. The summed E-state index contributed by atoms with van der Waals surface area (Å²) in [4.78, 5) is 46.4. The average Bonchev–Trinajstić information content (AvgIpc) is 3.76. The number of fused-ring (bicyclic) bond motifs is 7. The second-order valence-electron chi connectivity index (χ2n) is 11.8. The van der Waals surface area contributed by atoms with E-state index in [4.69, 9.17) is 14.2 Å². The number of rotatable bonds is 7. The zero-order valence-corrected chi connectivity index (χ0v) is 24.6. The third-order valence-corrected chi connectivity index (χ3v) is 9.39. The molecule has 4 aromatic rings. The number of amides is 1. The number of carbonyl (C=O) groups excluding carboxylic acids is 3. The molecular weight excluding hydrogens is 568 g/mol. The highest BCUT2D eigenvalue weighted by atomic mass is 16.7. The number of anilines is 1. The summed E-state index contributed by atoms with van der Waals surface area (Å²) in [5.74, 6) is -0.254. The lowest BCUT2D eigenvalue weighted by Gasteiger charge is -2.38. The van der Waals surface area contributed by atoms with Crippen molar-refractivity contribution in [3.05, 3.63) is 125 Å². The normalized spacial score (nSPS) is 23.4. The van der Waals surface area contributed by atoms with Gasteiger partial charge in [-0.15, -0.1) is 0 Å². The number of hydrogen-bond acceptors (Lipinski definition) is 7. The Bertz CT molecular complexity index is 1900. The van der Waals surface area contributed by atoms with Gasteiger partial charge in [0, 0.05) is 23.0 Å². The Morgan fingerprint density at radius 1 is 0.911 bits per heavy atom. The molecule has 224 valence electrons. The molecule has 1 amide bonds. The number of Topliss-reactive ketones (excluding diaryl/α,β-unsaturated/α-hetero) is 2. The Morgan fingerprint density at radius 3 is 2.51 bits per heavy atom. The number of hydrogen-bond donors (Lipinski definition) is 1. The number of nitrogens with zero attached hydrogens (tertiary/aromatic N) is 1. The lowest BCUT2D eigenvalue weighted by atomic mass is 9.62. The SMILES string of the molecule is CCCOc1ccc(C(=O)[C@@H]2[C@H](C(=O)c3ccc4c(c3)OCO4)N3C=Cc4ccccc4[C@H]3[C@@]23C(=O)Nc2ccccc23)cc1. The molecule has 0 saturated carbocycles. The van der Waals surface area contributed by atoms with Crippen molar-refractivity contribution in [1.82, 2.24) is 4.90 Å². The van der Waals surface area contributed by atoms with Crippen LogP contribution in [0.5, 0.6) is 17.2 Å². The van der Waals surface area contributed by atoms with Crippen molar-refractivity contribution in [2.45, 2.75) is 30.8 Å². The molecule has 45 heavy (non-hydrogen) atoms. The molecule has 4 aliphatic rings. The minimum Gasteiger partial charge on any atom is -0.494 e. The minimum atomic E-state index is -1.40. The summed E-state index contributed by atoms with van der Waals surface area (Å²) in [5.41, 5.74) is 2.55. The Hall–Kier alpha value is -5.37. The molecule has 0 radical (unpaired) electrons. The number of para-hydroxylation sites is 1. The van der Waals surface area contributed by atoms with E-state index >= 15 is 4.79 Å². The first-order chi connectivity index (χ1) is 22.0. The van der Waals surface area contributed by atoms with Crippen molar-refractivity contribution in [2.75, 3.05) is 18.7 Å². The van der Waals surface area contributed by atoms with Gasteiger partial charge in [0.15, 0.2) is 23.1 Å². The van der Waals surface area contributed by atoms with Crippen molar-refractivity contribution >= 4 is 29.2 Å². The standard InChI is InChI=1S/C37H30N2O6/c1-2-19-43-25-14-11-23(12-15-25)33(40)31-32(34(41)24-13-16-29-30(20-24)45-21-44-29)39-18-17-22-7-3-4-8-26(22)35(39)37(31)27-9-5-6-10-28(27)38-36(37)42/h3-18,20,31-32,35H,2,19,21H2,1H3,(H,38,42)/t31-,32+,35-,37-/m0/s1. The van der Waals surface area contributed by atoms with Gasteiger partial charge in [0.25, 0.3) is 0 Å². The highest BCUT2D eigenvalue weighted by Gasteiger charge is 2.70. The van der Waals surface area contributed by atoms with E-state index in [1.807, 2.05) is 72.6 Å². The third-order valence-electron chi connectivity index (χ3n) is 9.39. The molecule has 1 spiro atoms. The van der Waals surface area contributed by atoms with E-state index in [2.05, 4.69) is 5.32 Å². The highest BCUT2D eigenvalue weighted by molar-refractivity contribution is 6.16. The fourth-order valence-electron chi connectivity index (χ4n) is 7.50. The second kappa shape index (κ2) is 10.4. The Labute approximate surface area is 260 Å². The lowest BCUT2D eigenvalue weighted by Crippen LogP contribution is -2.49. The molecule has 1 saturated heterocycles. The summed E-state index contributed by atoms with van der Waals surface area (Å²) < 4.78 is 16.9. The summed E-state index contributed by atoms with van der Waals surface area (Å²) in [6.07, 6.45) is 4.67. The maximum Gasteiger partial charge on any atom is 0.238 e. The summed E-state index contributed by atoms with van der Waals surface area (Å²) in [5, 5.41) is 3.09. The molecule has 0 aromatic heterocycles. The van der Waals surface area contributed by atoms with Gasteiger partial charge >= 0.3 is 0 Å². The topological polar surface area (TPSA) is 94.2 Å². The van der Waals surface area contributed by atoms with Crippen LogP contribution in [0.25, 0.3) is 6.08 Å². The molecule has 8 rings (SSSR count). The van der Waals surface area contributed by atoms with Crippen LogP contribution in [0.15, 0.2) is 97.2 Å². The van der Waals surface area contributed by atoms with Crippen LogP contribution in [-0.4, -0.2) is 41.8 Å². The van der Waals surface area contributed by atoms with E-state index < -0.39 is 23.4 Å². The predicted octanol–water partition coefficient (Wildman–Crippen LogP) is 6.19. The van der Waals surface area contributed by atoms with Crippen LogP contribution in [0.2, 0.25) is 0 Å². The van der Waals surface area contributed by atoms with Crippen LogP contribution in [0.4, 0.5) is 5.69 Å². The maximum atomic E-state index is 15.0. The number of ketones is 2. The molecule has 4 atom stereocenters. The Kier molecular flexibility index (Phi) is 6.27. The van der Waals surface area contributed by atoms with E-state index in [1.165, 1.54) is 0 Å². The smallest absolute Gasteiger partial charge is 0.238 e. The first-order valence-electron chi connectivity index (χ1n) is 15.2. The zero-order valence-electron chi connectivity index (χ0n) is 24.6. The van der Waals surface area contributed by atoms with Gasteiger partial charge in [0.1, 0.15) is 17.2 Å². The summed E-state index contributed by atoms with van der Waals surface area (Å²) in [6.45, 7) is 2.66. The van der Waals surface area contributed by atoms with Gasteiger partial charge in [-0.1, -0.05) is 49.4 Å². The van der Waals surface area contributed by atoms with Crippen LogP contribution >= 0.6 is 0 Å². The van der Waals surface area contributed by atoms with Crippen molar-refractivity contribution in [3.63, 3.8) is 0 Å². The second-order valence-corrected chi connectivity index (χ2v) is 11.8. The molecule has 0 aliphatic carbocycles. The summed E-state index contributed by atoms with van der Waals surface area (Å²) in [7, 11) is 0. The molecule has 1 N–H and O–H groups in total. The Morgan fingerprint density at radius 2 is 1.67 bits per heavy atom. The molecule has 0 unspecified atom stereocenters. The van der Waals surface area contributed by atoms with Gasteiger partial charge in [0.05, 0.1) is 18.6 Å². The van der Waals surface area contributed by atoms with Crippen LogP contribution in [-0.2, 0) is 10.2 Å². The first-order valence-corrected chi connectivity index (χ1v) is 15.2. The highest BCUT2D eigenvalue weighted by Crippen LogP contribution is 2.62. The van der Waals surface area contributed by atoms with Gasteiger partial charge in [-0.3, -0.25) is 14.4 Å². The molecule has 4 aliphatic heterocycles. The number of benzene rings is 4. The Balaban J connectivity index is 1.35. The van der Waals surface area contributed by atoms with E-state index in [9.17, 15) is 9.59 Å². The largest absolute Gasteiger partial charge is 0.494 e. The minimum absolute atomic E-state index is 0.0727. The molecule has 1 fully saturated rings. The van der Waals surface area contributed by atoms with E-state index in [0.29, 0.717) is 46.2 Å². The molecule has 4 aromatic carbocycles. The average molecular weight is 599 g/mol. The van der Waals surface area contributed by atoms with Gasteiger partial charge in [-0.05, 0) is 77.7 Å². The van der Waals surface area contributed by atoms with Crippen molar-refractivity contribution < 1.29 is 28.6 Å². The molecule has 4 heterocycles. The summed E-state index contributed by atoms with van der Waals surface area (Å²) >= 11 is 0. The third kappa shape index (κ3) is 3.94. The molecule has 0 bridgehead atoms. The fraction of sp³-hybridized carbons (Fsp3) is 0.216. The zero-order chi connectivity index (χ0) is 30.7. The molecule has 8 nitrogen and oxygen atoms in total. The van der Waals surface area contributed by atoms with Gasteiger partial charge in [0.2, 0.25) is 12.7 Å². The van der Waals surface area contributed by atoms with E-state index in [1.54, 1.807) is 42.5 Å². The fourth-order valence-corrected chi connectivity index (χ4v) is 7.50. The van der Waals surface area contributed by atoms with Gasteiger partial charge < -0.3 is 24.4 Å². The number of carbonyl (C=O) groups is 3. The van der Waals surface area contributed by atoms with Crippen molar-refractivity contribution in [2.24, 2.45) is 5.92 Å². The summed E-state index contributed by atoms with van der Waals surface area (Å²) in [6, 6.07) is 25.8. The van der Waals surface area contributed by atoms with Crippen molar-refractivity contribution in [3.8, 4) is 17.2 Å². The number of ether oxygens (including phenoxy) is 3. The van der Waals surface area contributed by atoms with E-state index in [0.717, 1.165) is 17.5 Å². The van der Waals surface area contributed by atoms with Gasteiger partial charge in [-0.25, -0.2) is 0 Å². The maximum absolute atomic E-state index is 15.0. The monoisotopic (exact) mass is 598 g/mol. The van der Waals surface area contributed by atoms with Crippen molar-refractivity contribution in [1.29, 1.82) is 0 Å². The van der Waals surface area contributed by atoms with Crippen LogP contribution in [0.1, 0.15) is 56.8 Å². The quantitative estimate of drug-likeness (QED) is 0.254.